The number of nitrogens with one attached hydrogen (secondary N) is 1. The molecule has 0 atom stereocenters. The Morgan fingerprint density at radius 1 is 1.40 bits per heavy atom. The zero-order valence-corrected chi connectivity index (χ0v) is 11.2. The van der Waals surface area contributed by atoms with Gasteiger partial charge in [-0.1, -0.05) is 11.3 Å². The van der Waals surface area contributed by atoms with Crippen LogP contribution in [0.5, 0.6) is 0 Å². The first kappa shape index (κ1) is 14.6. The van der Waals surface area contributed by atoms with E-state index in [1.807, 2.05) is 0 Å². The second-order valence-electron chi connectivity index (χ2n) is 3.99. The van der Waals surface area contributed by atoms with Gasteiger partial charge >= 0.3 is 0 Å². The molecule has 1 heterocycles. The van der Waals surface area contributed by atoms with Crippen LogP contribution in [-0.2, 0) is 23.2 Å². The summed E-state index contributed by atoms with van der Waals surface area (Å²) < 4.78 is 41.2. The Hall–Kier alpha value is -1.84. The molecule has 1 aromatic carbocycles. The third-order valence-electron chi connectivity index (χ3n) is 2.57. The number of rotatable bonds is 6. The van der Waals surface area contributed by atoms with Crippen LogP contribution < -0.4 is 4.72 Å². The molecule has 0 bridgehead atoms. The number of aliphatic hydroxyl groups excluding tert-OH is 1. The average molecular weight is 300 g/mol. The molecule has 9 heteroatoms. The first-order valence-corrected chi connectivity index (χ1v) is 7.24. The van der Waals surface area contributed by atoms with E-state index in [9.17, 15) is 12.8 Å². The van der Waals surface area contributed by atoms with Crippen molar-refractivity contribution in [2.75, 3.05) is 6.54 Å². The van der Waals surface area contributed by atoms with Gasteiger partial charge in [-0.3, -0.25) is 4.68 Å². The molecule has 0 aliphatic carbocycles. The van der Waals surface area contributed by atoms with Crippen molar-refractivity contribution >= 4 is 10.0 Å². The van der Waals surface area contributed by atoms with E-state index in [1.165, 1.54) is 16.9 Å². The first-order chi connectivity index (χ1) is 9.53. The van der Waals surface area contributed by atoms with Gasteiger partial charge in [-0.05, 0) is 17.7 Å². The van der Waals surface area contributed by atoms with Gasteiger partial charge in [-0.15, -0.1) is 5.10 Å². The number of halogens is 1. The molecule has 0 spiro atoms. The van der Waals surface area contributed by atoms with Gasteiger partial charge in [0.15, 0.2) is 0 Å². The van der Waals surface area contributed by atoms with Crippen LogP contribution >= 0.6 is 0 Å². The normalized spacial score (nSPS) is 11.7. The summed E-state index contributed by atoms with van der Waals surface area (Å²) in [5.74, 6) is -0.865. The molecule has 0 aliphatic rings. The van der Waals surface area contributed by atoms with Gasteiger partial charge in [0, 0.05) is 12.7 Å². The number of hydrogen-bond donors (Lipinski definition) is 2. The van der Waals surface area contributed by atoms with Crippen LogP contribution in [0.4, 0.5) is 4.39 Å². The van der Waals surface area contributed by atoms with E-state index in [2.05, 4.69) is 15.0 Å². The molecule has 2 N–H and O–H groups in total. The summed E-state index contributed by atoms with van der Waals surface area (Å²) in [4.78, 5) is -0.484. The molecule has 20 heavy (non-hydrogen) atoms. The predicted octanol–water partition coefficient (Wildman–Crippen LogP) is -0.112. The van der Waals surface area contributed by atoms with E-state index in [4.69, 9.17) is 5.11 Å². The molecule has 0 saturated heterocycles. The van der Waals surface area contributed by atoms with Gasteiger partial charge in [-0.2, -0.15) is 0 Å². The van der Waals surface area contributed by atoms with E-state index in [-0.39, 0.29) is 19.7 Å². The summed E-state index contributed by atoms with van der Waals surface area (Å²) in [5, 5.41) is 16.2. The van der Waals surface area contributed by atoms with Gasteiger partial charge < -0.3 is 5.11 Å². The lowest BCUT2D eigenvalue weighted by molar-refractivity contribution is 0.281. The van der Waals surface area contributed by atoms with Crippen LogP contribution in [0.3, 0.4) is 0 Å². The summed E-state index contributed by atoms with van der Waals surface area (Å²) in [6, 6.07) is 3.44. The van der Waals surface area contributed by atoms with Crippen molar-refractivity contribution in [3.05, 3.63) is 42.0 Å². The lowest BCUT2D eigenvalue weighted by Crippen LogP contribution is -2.28. The monoisotopic (exact) mass is 300 g/mol. The number of benzene rings is 1. The highest BCUT2D eigenvalue weighted by atomic mass is 32.2. The van der Waals surface area contributed by atoms with Gasteiger partial charge in [0.25, 0.3) is 0 Å². The Morgan fingerprint density at radius 2 is 2.20 bits per heavy atom. The van der Waals surface area contributed by atoms with E-state index in [1.54, 1.807) is 6.20 Å². The van der Waals surface area contributed by atoms with Crippen LogP contribution in [0.1, 0.15) is 5.56 Å². The number of nitrogens with zero attached hydrogens (tertiary/aromatic N) is 3. The number of aliphatic hydroxyl groups is 1. The van der Waals surface area contributed by atoms with E-state index < -0.39 is 20.7 Å². The summed E-state index contributed by atoms with van der Waals surface area (Å²) >= 11 is 0. The van der Waals surface area contributed by atoms with Crippen LogP contribution in [0, 0.1) is 5.82 Å². The molecular weight excluding hydrogens is 287 g/mol. The Morgan fingerprint density at radius 3 is 2.85 bits per heavy atom. The first-order valence-electron chi connectivity index (χ1n) is 5.76. The molecule has 1 aromatic heterocycles. The number of hydrogen-bond acceptors (Lipinski definition) is 5. The maximum atomic E-state index is 13.6. The van der Waals surface area contributed by atoms with Crippen molar-refractivity contribution in [2.24, 2.45) is 0 Å². The van der Waals surface area contributed by atoms with Crippen LogP contribution in [0.2, 0.25) is 0 Å². The van der Waals surface area contributed by atoms with E-state index >= 15 is 0 Å². The molecule has 0 unspecified atom stereocenters. The molecule has 0 fully saturated rings. The minimum atomic E-state index is -3.97. The van der Waals surface area contributed by atoms with Crippen molar-refractivity contribution < 1.29 is 17.9 Å². The summed E-state index contributed by atoms with van der Waals surface area (Å²) in [6.45, 7) is -0.0310. The highest BCUT2D eigenvalue weighted by Gasteiger charge is 2.19. The fraction of sp³-hybridized carbons (Fsp3) is 0.273. The molecule has 0 aliphatic heterocycles. The Balaban J connectivity index is 2.09. The predicted molar refractivity (Wildman–Crippen MR) is 67.5 cm³/mol. The van der Waals surface area contributed by atoms with Crippen LogP contribution in [0.25, 0.3) is 0 Å². The third kappa shape index (κ3) is 3.38. The smallest absolute Gasteiger partial charge is 0.243 e. The van der Waals surface area contributed by atoms with Gasteiger partial charge in [0.05, 0.1) is 19.3 Å². The topological polar surface area (TPSA) is 97.1 Å². The van der Waals surface area contributed by atoms with E-state index in [0.29, 0.717) is 5.56 Å². The Bertz CT molecular complexity index is 673. The highest BCUT2D eigenvalue weighted by molar-refractivity contribution is 7.89. The molecule has 2 aromatic rings. The lowest BCUT2D eigenvalue weighted by atomic mass is 10.2. The third-order valence-corrected chi connectivity index (χ3v) is 4.05. The van der Waals surface area contributed by atoms with Crippen molar-refractivity contribution in [1.29, 1.82) is 0 Å². The lowest BCUT2D eigenvalue weighted by Gasteiger charge is -2.08. The molecule has 7 nitrogen and oxygen atoms in total. The Labute approximate surface area is 115 Å². The van der Waals surface area contributed by atoms with Gasteiger partial charge in [0.1, 0.15) is 10.7 Å². The largest absolute Gasteiger partial charge is 0.392 e. The quantitative estimate of drug-likeness (QED) is 0.775. The maximum absolute atomic E-state index is 13.6. The molecular formula is C11H13FN4O3S. The van der Waals surface area contributed by atoms with Crippen LogP contribution in [0.15, 0.2) is 35.5 Å². The van der Waals surface area contributed by atoms with Crippen LogP contribution in [-0.4, -0.2) is 35.1 Å². The van der Waals surface area contributed by atoms with Gasteiger partial charge in [-0.25, -0.2) is 17.5 Å². The second-order valence-corrected chi connectivity index (χ2v) is 5.72. The molecule has 0 radical (unpaired) electrons. The number of sulfonamides is 1. The fourth-order valence-electron chi connectivity index (χ4n) is 1.58. The fourth-order valence-corrected chi connectivity index (χ4v) is 2.72. The average Bonchev–Trinajstić information content (AvgIpc) is 2.92. The molecule has 0 saturated carbocycles. The standard InChI is InChI=1S/C11H13FN4O3S/c12-10-2-1-9(8-17)7-11(10)20(18,19)14-4-6-16-5-3-13-15-16/h1-3,5,7,14,17H,4,6,8H2. The van der Waals surface area contributed by atoms with Gasteiger partial charge in [0.2, 0.25) is 10.0 Å². The van der Waals surface area contributed by atoms with E-state index in [0.717, 1.165) is 12.1 Å². The minimum absolute atomic E-state index is 0.0501. The molecule has 0 amide bonds. The van der Waals surface area contributed by atoms with Crippen molar-refractivity contribution in [2.45, 2.75) is 18.0 Å². The Kier molecular flexibility index (Phi) is 4.42. The molecule has 108 valence electrons. The SMILES string of the molecule is O=S(=O)(NCCn1ccnn1)c1cc(CO)ccc1F. The summed E-state index contributed by atoms with van der Waals surface area (Å²) in [7, 11) is -3.97. The summed E-state index contributed by atoms with van der Waals surface area (Å²) in [6.07, 6.45) is 3.06. The second kappa shape index (κ2) is 6.07. The van der Waals surface area contributed by atoms with Crippen molar-refractivity contribution in [3.63, 3.8) is 0 Å². The minimum Gasteiger partial charge on any atom is -0.392 e. The zero-order chi connectivity index (χ0) is 14.6. The summed E-state index contributed by atoms with van der Waals surface area (Å²) in [5.41, 5.74) is 0.322. The highest BCUT2D eigenvalue weighted by Crippen LogP contribution is 2.16. The van der Waals surface area contributed by atoms with Crippen molar-refractivity contribution in [3.8, 4) is 0 Å². The zero-order valence-electron chi connectivity index (χ0n) is 10.4. The maximum Gasteiger partial charge on any atom is 0.243 e. The van der Waals surface area contributed by atoms with Crippen molar-refractivity contribution in [1.82, 2.24) is 19.7 Å². The number of aromatic nitrogens is 3. The molecule has 2 rings (SSSR count).